The van der Waals surface area contributed by atoms with E-state index in [1.807, 2.05) is 31.2 Å². The maximum atomic E-state index is 12.3. The van der Waals surface area contributed by atoms with E-state index in [4.69, 9.17) is 4.74 Å². The van der Waals surface area contributed by atoms with Crippen molar-refractivity contribution in [3.05, 3.63) is 65.2 Å². The largest absolute Gasteiger partial charge is 0.449 e. The van der Waals surface area contributed by atoms with Gasteiger partial charge in [-0.05, 0) is 50.1 Å². The van der Waals surface area contributed by atoms with Gasteiger partial charge in [-0.25, -0.2) is 4.79 Å². The summed E-state index contributed by atoms with van der Waals surface area (Å²) in [4.78, 5) is 38.0. The first-order valence-corrected chi connectivity index (χ1v) is 9.39. The molecule has 1 atom stereocenters. The molecule has 6 heteroatoms. The molecule has 0 bridgehead atoms. The summed E-state index contributed by atoms with van der Waals surface area (Å²) in [6.45, 7) is 4.61. The molecule has 6 nitrogen and oxygen atoms in total. The molecule has 146 valence electrons. The highest BCUT2D eigenvalue weighted by Gasteiger charge is 2.22. The summed E-state index contributed by atoms with van der Waals surface area (Å²) in [7, 11) is 0. The molecule has 2 aromatic carbocycles. The fraction of sp³-hybridized carbons (Fsp3) is 0.318. The summed E-state index contributed by atoms with van der Waals surface area (Å²) in [6.07, 6.45) is 0.495. The Labute approximate surface area is 164 Å². The number of hydrogen-bond donors (Lipinski definition) is 1. The molecule has 1 saturated heterocycles. The van der Waals surface area contributed by atoms with Crippen molar-refractivity contribution in [3.63, 3.8) is 0 Å². The highest BCUT2D eigenvalue weighted by Crippen LogP contribution is 2.22. The van der Waals surface area contributed by atoms with Crippen molar-refractivity contribution in [2.75, 3.05) is 11.4 Å². The van der Waals surface area contributed by atoms with Crippen LogP contribution in [0.5, 0.6) is 0 Å². The molecule has 1 aliphatic heterocycles. The number of nitrogens with one attached hydrogen (secondary N) is 1. The first-order valence-electron chi connectivity index (χ1n) is 9.39. The number of carbonyl (C=O) groups excluding carboxylic acids is 3. The van der Waals surface area contributed by atoms with E-state index in [1.54, 1.807) is 36.1 Å². The number of nitrogens with zero attached hydrogens (tertiary/aromatic N) is 1. The number of ether oxygens (including phenoxy) is 1. The number of esters is 1. The molecule has 0 aromatic heterocycles. The molecule has 3 rings (SSSR count). The van der Waals surface area contributed by atoms with Gasteiger partial charge in [0.05, 0.1) is 5.56 Å². The second-order valence-corrected chi connectivity index (χ2v) is 6.95. The molecule has 1 fully saturated rings. The van der Waals surface area contributed by atoms with E-state index in [2.05, 4.69) is 5.32 Å². The summed E-state index contributed by atoms with van der Waals surface area (Å²) in [6, 6.07) is 14.5. The number of rotatable bonds is 6. The smallest absolute Gasteiger partial charge is 0.338 e. The van der Waals surface area contributed by atoms with Gasteiger partial charge in [0, 0.05) is 25.2 Å². The van der Waals surface area contributed by atoms with E-state index < -0.39 is 12.1 Å². The van der Waals surface area contributed by atoms with Gasteiger partial charge in [-0.15, -0.1) is 0 Å². The maximum absolute atomic E-state index is 12.3. The standard InChI is InChI=1S/C22H24N2O4/c1-15-5-7-17(8-6-15)14-23-21(26)16(2)28-22(27)18-9-11-19(12-10-18)24-13-3-4-20(24)25/h5-12,16H,3-4,13-14H2,1-2H3,(H,23,26)/t16-/m0/s1. The quantitative estimate of drug-likeness (QED) is 0.782. The molecule has 1 aliphatic rings. The van der Waals surface area contributed by atoms with Crippen LogP contribution >= 0.6 is 0 Å². The molecule has 0 radical (unpaired) electrons. The average molecular weight is 380 g/mol. The van der Waals surface area contributed by atoms with Crippen LogP contribution in [-0.2, 0) is 20.9 Å². The zero-order valence-corrected chi connectivity index (χ0v) is 16.1. The van der Waals surface area contributed by atoms with Crippen LogP contribution in [0.4, 0.5) is 5.69 Å². The van der Waals surface area contributed by atoms with Crippen molar-refractivity contribution in [1.29, 1.82) is 0 Å². The van der Waals surface area contributed by atoms with E-state index >= 15 is 0 Å². The van der Waals surface area contributed by atoms with Crippen LogP contribution in [0.25, 0.3) is 0 Å². The van der Waals surface area contributed by atoms with Gasteiger partial charge in [0.2, 0.25) is 5.91 Å². The van der Waals surface area contributed by atoms with Crippen LogP contribution in [0.3, 0.4) is 0 Å². The van der Waals surface area contributed by atoms with Gasteiger partial charge in [-0.3, -0.25) is 9.59 Å². The highest BCUT2D eigenvalue weighted by atomic mass is 16.5. The van der Waals surface area contributed by atoms with Crippen molar-refractivity contribution in [2.45, 2.75) is 39.3 Å². The molecule has 1 N–H and O–H groups in total. The maximum Gasteiger partial charge on any atom is 0.338 e. The molecule has 1 heterocycles. The van der Waals surface area contributed by atoms with E-state index in [0.717, 1.165) is 23.2 Å². The minimum absolute atomic E-state index is 0.0918. The Kier molecular flexibility index (Phi) is 6.09. The lowest BCUT2D eigenvalue weighted by atomic mass is 10.1. The Bertz CT molecular complexity index is 859. The fourth-order valence-corrected chi connectivity index (χ4v) is 3.02. The number of anilines is 1. The van der Waals surface area contributed by atoms with Gasteiger partial charge in [0.25, 0.3) is 5.91 Å². The third kappa shape index (κ3) is 4.76. The predicted molar refractivity (Wildman–Crippen MR) is 106 cm³/mol. The predicted octanol–water partition coefficient (Wildman–Crippen LogP) is 2.98. The molecule has 0 unspecified atom stereocenters. The number of amides is 2. The number of carbonyl (C=O) groups is 3. The van der Waals surface area contributed by atoms with Gasteiger partial charge in [-0.2, -0.15) is 0 Å². The topological polar surface area (TPSA) is 75.7 Å². The Hall–Kier alpha value is -3.15. The van der Waals surface area contributed by atoms with Crippen LogP contribution in [-0.4, -0.2) is 30.4 Å². The zero-order chi connectivity index (χ0) is 20.1. The van der Waals surface area contributed by atoms with Crippen molar-refractivity contribution in [3.8, 4) is 0 Å². The van der Waals surface area contributed by atoms with Crippen molar-refractivity contribution < 1.29 is 19.1 Å². The summed E-state index contributed by atoms with van der Waals surface area (Å²) in [5.74, 6) is -0.834. The fourth-order valence-electron chi connectivity index (χ4n) is 3.02. The Balaban J connectivity index is 1.52. The van der Waals surface area contributed by atoms with Crippen molar-refractivity contribution in [1.82, 2.24) is 5.32 Å². The monoisotopic (exact) mass is 380 g/mol. The van der Waals surface area contributed by atoms with E-state index in [-0.39, 0.29) is 11.8 Å². The summed E-state index contributed by atoms with van der Waals surface area (Å²) in [5.41, 5.74) is 3.23. The summed E-state index contributed by atoms with van der Waals surface area (Å²) >= 11 is 0. The molecule has 0 aliphatic carbocycles. The second-order valence-electron chi connectivity index (χ2n) is 6.95. The highest BCUT2D eigenvalue weighted by molar-refractivity contribution is 5.96. The zero-order valence-electron chi connectivity index (χ0n) is 16.1. The van der Waals surface area contributed by atoms with E-state index in [9.17, 15) is 14.4 Å². The Morgan fingerprint density at radius 3 is 2.39 bits per heavy atom. The van der Waals surface area contributed by atoms with Crippen LogP contribution in [0.2, 0.25) is 0 Å². The van der Waals surface area contributed by atoms with Crippen LogP contribution in [0.15, 0.2) is 48.5 Å². The Morgan fingerprint density at radius 1 is 1.11 bits per heavy atom. The van der Waals surface area contributed by atoms with Crippen LogP contribution in [0, 0.1) is 6.92 Å². The molecule has 2 amide bonds. The second kappa shape index (κ2) is 8.69. The average Bonchev–Trinajstić information content (AvgIpc) is 3.13. The number of benzene rings is 2. The third-order valence-electron chi connectivity index (χ3n) is 4.73. The van der Waals surface area contributed by atoms with E-state index in [0.29, 0.717) is 25.1 Å². The SMILES string of the molecule is Cc1ccc(CNC(=O)[C@H](C)OC(=O)c2ccc(N3CCCC3=O)cc2)cc1. The number of hydrogen-bond acceptors (Lipinski definition) is 4. The Morgan fingerprint density at radius 2 is 1.79 bits per heavy atom. The molecule has 28 heavy (non-hydrogen) atoms. The van der Waals surface area contributed by atoms with Gasteiger partial charge in [0.1, 0.15) is 0 Å². The summed E-state index contributed by atoms with van der Waals surface area (Å²) in [5, 5.41) is 2.77. The van der Waals surface area contributed by atoms with Gasteiger partial charge >= 0.3 is 5.97 Å². The number of aryl methyl sites for hydroxylation is 1. The molecular weight excluding hydrogens is 356 g/mol. The molecule has 0 spiro atoms. The van der Waals surface area contributed by atoms with Crippen LogP contribution < -0.4 is 10.2 Å². The molecule has 2 aromatic rings. The summed E-state index contributed by atoms with van der Waals surface area (Å²) < 4.78 is 5.26. The lowest BCUT2D eigenvalue weighted by molar-refractivity contribution is -0.129. The minimum atomic E-state index is -0.905. The first kappa shape index (κ1) is 19.6. The van der Waals surface area contributed by atoms with E-state index in [1.165, 1.54) is 0 Å². The van der Waals surface area contributed by atoms with Crippen molar-refractivity contribution in [2.24, 2.45) is 0 Å². The van der Waals surface area contributed by atoms with Crippen LogP contribution in [0.1, 0.15) is 41.3 Å². The molecule has 0 saturated carbocycles. The first-order chi connectivity index (χ1) is 13.4. The minimum Gasteiger partial charge on any atom is -0.449 e. The third-order valence-corrected chi connectivity index (χ3v) is 4.73. The lowest BCUT2D eigenvalue weighted by Gasteiger charge is -2.16. The van der Waals surface area contributed by atoms with Crippen molar-refractivity contribution >= 4 is 23.5 Å². The van der Waals surface area contributed by atoms with Gasteiger partial charge < -0.3 is 15.0 Å². The molecular formula is C22H24N2O4. The van der Waals surface area contributed by atoms with Gasteiger partial charge in [0.15, 0.2) is 6.10 Å². The lowest BCUT2D eigenvalue weighted by Crippen LogP contribution is -2.35. The normalized spacial score (nSPS) is 14.6. The van der Waals surface area contributed by atoms with Gasteiger partial charge in [-0.1, -0.05) is 29.8 Å².